The van der Waals surface area contributed by atoms with Crippen LogP contribution in [0.5, 0.6) is 0 Å². The molecule has 304 valence electrons. The van der Waals surface area contributed by atoms with Gasteiger partial charge in [0.2, 0.25) is 11.8 Å². The molecule has 3 N–H and O–H groups in total. The number of carbonyl (C=O) groups is 4. The van der Waals surface area contributed by atoms with E-state index < -0.39 is 24.3 Å². The van der Waals surface area contributed by atoms with Crippen LogP contribution in [0.2, 0.25) is 0 Å². The van der Waals surface area contributed by atoms with E-state index in [0.29, 0.717) is 19.5 Å². The van der Waals surface area contributed by atoms with Crippen molar-refractivity contribution in [3.8, 4) is 22.4 Å². The zero-order chi connectivity index (χ0) is 41.1. The molecule has 4 heterocycles. The zero-order valence-corrected chi connectivity index (χ0v) is 34.1. The third-order valence-corrected chi connectivity index (χ3v) is 11.6. The van der Waals surface area contributed by atoms with E-state index in [1.807, 2.05) is 49.9 Å². The molecular weight excluding hydrogens is 735 g/mol. The highest BCUT2D eigenvalue weighted by Gasteiger charge is 2.39. The van der Waals surface area contributed by atoms with Gasteiger partial charge in [-0.2, -0.15) is 0 Å². The lowest BCUT2D eigenvalue weighted by Gasteiger charge is -2.31. The van der Waals surface area contributed by atoms with Crippen molar-refractivity contribution in [2.75, 3.05) is 27.3 Å². The van der Waals surface area contributed by atoms with E-state index in [4.69, 9.17) is 19.5 Å². The SMILES string of the molecule is COC(=O)N[C@H](C(=O)N1CCC[C@H]1C1=NC=C(c2ccc(-c3ccc4cc(-c5cnc([C@@H]6CCCN6C(=O)[C@@H](NC(=O)OC)C(C)C)[nH]5)ccc4c3)cc2)C1)C(C)C. The number of rotatable bonds is 11. The summed E-state index contributed by atoms with van der Waals surface area (Å²) in [5.41, 5.74) is 7.28. The molecule has 0 aliphatic carbocycles. The van der Waals surface area contributed by atoms with E-state index in [1.165, 1.54) is 14.2 Å². The number of aliphatic imine (C=N–C) groups is 1. The smallest absolute Gasteiger partial charge is 0.407 e. The minimum Gasteiger partial charge on any atom is -0.453 e. The first kappa shape index (κ1) is 40.2. The zero-order valence-electron chi connectivity index (χ0n) is 34.1. The van der Waals surface area contributed by atoms with E-state index >= 15 is 0 Å². The molecule has 0 spiro atoms. The van der Waals surface area contributed by atoms with E-state index in [1.54, 1.807) is 0 Å². The number of aromatic amines is 1. The Balaban J connectivity index is 0.995. The van der Waals surface area contributed by atoms with E-state index in [0.717, 1.165) is 81.5 Å². The number of imidazole rings is 1. The summed E-state index contributed by atoms with van der Waals surface area (Å²) in [5, 5.41) is 7.64. The summed E-state index contributed by atoms with van der Waals surface area (Å²) < 4.78 is 9.54. The van der Waals surface area contributed by atoms with Crippen LogP contribution in [-0.4, -0.2) is 94.9 Å². The summed E-state index contributed by atoms with van der Waals surface area (Å²) in [6.07, 6.45) is 6.56. The van der Waals surface area contributed by atoms with Gasteiger partial charge in [-0.1, -0.05) is 76.2 Å². The highest BCUT2D eigenvalue weighted by atomic mass is 16.5. The number of H-pyrrole nitrogens is 1. The Morgan fingerprint density at radius 3 is 1.81 bits per heavy atom. The Kier molecular flexibility index (Phi) is 12.0. The van der Waals surface area contributed by atoms with Crippen LogP contribution in [0.25, 0.3) is 38.7 Å². The maximum Gasteiger partial charge on any atom is 0.407 e. The molecule has 13 nitrogen and oxygen atoms in total. The topological polar surface area (TPSA) is 158 Å². The predicted octanol–water partition coefficient (Wildman–Crippen LogP) is 7.50. The molecule has 58 heavy (non-hydrogen) atoms. The predicted molar refractivity (Wildman–Crippen MR) is 224 cm³/mol. The summed E-state index contributed by atoms with van der Waals surface area (Å²) in [6.45, 7) is 8.88. The normalized spacial score (nSPS) is 19.0. The van der Waals surface area contributed by atoms with Crippen molar-refractivity contribution in [1.82, 2.24) is 30.4 Å². The first-order chi connectivity index (χ1) is 27.9. The Labute approximate surface area is 339 Å². The van der Waals surface area contributed by atoms with Gasteiger partial charge in [0.05, 0.1) is 38.2 Å². The molecule has 2 fully saturated rings. The number of hydrogen-bond donors (Lipinski definition) is 3. The first-order valence-corrected chi connectivity index (χ1v) is 20.2. The molecule has 3 aromatic carbocycles. The van der Waals surface area contributed by atoms with Crippen LogP contribution in [0.3, 0.4) is 0 Å². The van der Waals surface area contributed by atoms with E-state index in [9.17, 15) is 19.2 Å². The molecule has 0 unspecified atom stereocenters. The monoisotopic (exact) mass is 787 g/mol. The van der Waals surface area contributed by atoms with Gasteiger partial charge in [-0.15, -0.1) is 0 Å². The molecule has 3 aliphatic rings. The quantitative estimate of drug-likeness (QED) is 0.142. The lowest BCUT2D eigenvalue weighted by Crippen LogP contribution is -2.53. The number of likely N-dealkylation sites (tertiary alicyclic amines) is 2. The Morgan fingerprint density at radius 1 is 0.707 bits per heavy atom. The van der Waals surface area contributed by atoms with Crippen LogP contribution in [0.4, 0.5) is 9.59 Å². The van der Waals surface area contributed by atoms with Crippen molar-refractivity contribution in [2.45, 2.75) is 84.0 Å². The van der Waals surface area contributed by atoms with Gasteiger partial charge in [0.1, 0.15) is 17.9 Å². The molecule has 0 bridgehead atoms. The Bertz CT molecular complexity index is 2240. The fourth-order valence-electron chi connectivity index (χ4n) is 8.40. The minimum absolute atomic E-state index is 0.0836. The second-order valence-corrected chi connectivity index (χ2v) is 16.1. The van der Waals surface area contributed by atoms with Gasteiger partial charge in [0.15, 0.2) is 0 Å². The van der Waals surface area contributed by atoms with Crippen molar-refractivity contribution < 1.29 is 28.7 Å². The molecule has 7 rings (SSSR count). The van der Waals surface area contributed by atoms with Gasteiger partial charge in [-0.3, -0.25) is 14.6 Å². The lowest BCUT2D eigenvalue weighted by atomic mass is 9.95. The number of aromatic nitrogens is 2. The van der Waals surface area contributed by atoms with Gasteiger partial charge in [0.25, 0.3) is 0 Å². The molecule has 3 aliphatic heterocycles. The number of alkyl carbamates (subject to hydrolysis) is 2. The van der Waals surface area contributed by atoms with Crippen LogP contribution in [0, 0.1) is 11.8 Å². The molecule has 4 aromatic rings. The van der Waals surface area contributed by atoms with Crippen LogP contribution >= 0.6 is 0 Å². The fourth-order valence-corrected chi connectivity index (χ4v) is 8.40. The van der Waals surface area contributed by atoms with Crippen molar-refractivity contribution >= 4 is 46.1 Å². The second-order valence-electron chi connectivity index (χ2n) is 16.1. The number of fused-ring (bicyclic) bond motifs is 1. The van der Waals surface area contributed by atoms with Crippen LogP contribution in [-0.2, 0) is 19.1 Å². The largest absolute Gasteiger partial charge is 0.453 e. The standard InChI is InChI=1S/C45H53N7O6/c1-26(2)39(49-44(55)57-5)42(53)51-19-7-9-37(51)35-23-34(24-46-35)29-13-11-28(12-14-29)30-15-16-32-22-33(18-17-31(32)21-30)36-25-47-41(48-36)38-10-8-20-52(38)43(54)40(27(3)4)50-45(56)58-6/h11-18,21-22,24-27,37-40H,7-10,19-20,23H2,1-6H3,(H,47,48)(H,49,55)(H,50,56)/t37-,38-,39-,40-/m0/s1. The molecule has 0 radical (unpaired) electrons. The number of nitrogens with one attached hydrogen (secondary N) is 3. The number of ether oxygens (including phenoxy) is 2. The molecule has 0 saturated carbocycles. The third kappa shape index (κ3) is 8.34. The number of allylic oxidation sites excluding steroid dienone is 1. The van der Waals surface area contributed by atoms with E-state index in [-0.39, 0.29) is 35.7 Å². The summed E-state index contributed by atoms with van der Waals surface area (Å²) in [4.78, 5) is 67.8. The first-order valence-electron chi connectivity index (χ1n) is 20.2. The van der Waals surface area contributed by atoms with Crippen LogP contribution < -0.4 is 10.6 Å². The highest BCUT2D eigenvalue weighted by Crippen LogP contribution is 2.35. The maximum atomic E-state index is 13.6. The minimum atomic E-state index is -0.685. The molecule has 2 saturated heterocycles. The van der Waals surface area contributed by atoms with Gasteiger partial charge in [-0.25, -0.2) is 14.6 Å². The van der Waals surface area contributed by atoms with Crippen molar-refractivity contribution in [1.29, 1.82) is 0 Å². The average molecular weight is 788 g/mol. The van der Waals surface area contributed by atoms with Crippen molar-refractivity contribution in [3.05, 3.63) is 84.4 Å². The number of nitrogens with zero attached hydrogens (tertiary/aromatic N) is 4. The summed E-state index contributed by atoms with van der Waals surface area (Å²) in [5.74, 6) is 0.315. The van der Waals surface area contributed by atoms with Gasteiger partial charge in [0, 0.05) is 37.0 Å². The molecule has 4 amide bonds. The molecule has 13 heteroatoms. The lowest BCUT2D eigenvalue weighted by molar-refractivity contribution is -0.135. The summed E-state index contributed by atoms with van der Waals surface area (Å²) in [7, 11) is 2.60. The summed E-state index contributed by atoms with van der Waals surface area (Å²) in [6, 6.07) is 19.7. The number of benzene rings is 3. The highest BCUT2D eigenvalue weighted by molar-refractivity contribution is 6.04. The van der Waals surface area contributed by atoms with Crippen LogP contribution in [0.1, 0.15) is 77.2 Å². The van der Waals surface area contributed by atoms with Crippen molar-refractivity contribution in [3.63, 3.8) is 0 Å². The van der Waals surface area contributed by atoms with Crippen LogP contribution in [0.15, 0.2) is 78.1 Å². The second kappa shape index (κ2) is 17.3. The molecule has 1 aromatic heterocycles. The summed E-state index contributed by atoms with van der Waals surface area (Å²) >= 11 is 0. The number of amides is 4. The number of methoxy groups -OCH3 is 2. The average Bonchev–Trinajstić information content (AvgIpc) is 4.07. The van der Waals surface area contributed by atoms with Gasteiger partial charge in [-0.05, 0) is 82.7 Å². The van der Waals surface area contributed by atoms with Gasteiger partial charge < -0.3 is 34.9 Å². The number of hydrogen-bond acceptors (Lipinski definition) is 8. The Hall–Kier alpha value is -5.98. The molecule has 4 atom stereocenters. The Morgan fingerprint density at radius 2 is 1.22 bits per heavy atom. The fraction of sp³-hybridized carbons (Fsp3) is 0.422. The number of carbonyl (C=O) groups excluding carboxylic acids is 4. The molecular formula is C45H53N7O6. The maximum absolute atomic E-state index is 13.6. The van der Waals surface area contributed by atoms with Gasteiger partial charge >= 0.3 is 12.2 Å². The van der Waals surface area contributed by atoms with Crippen molar-refractivity contribution in [2.24, 2.45) is 16.8 Å². The van der Waals surface area contributed by atoms with E-state index in [2.05, 4.69) is 76.3 Å². The third-order valence-electron chi connectivity index (χ3n) is 11.6.